The summed E-state index contributed by atoms with van der Waals surface area (Å²) >= 11 is 1.47. The zero-order valence-corrected chi connectivity index (χ0v) is 17.1. The third-order valence-electron chi connectivity index (χ3n) is 4.86. The van der Waals surface area contributed by atoms with E-state index in [4.69, 9.17) is 5.26 Å². The number of aromatic nitrogens is 2. The van der Waals surface area contributed by atoms with E-state index in [9.17, 15) is 9.59 Å². The van der Waals surface area contributed by atoms with Gasteiger partial charge in [0.25, 0.3) is 5.56 Å². The molecule has 0 fully saturated rings. The van der Waals surface area contributed by atoms with Crippen LogP contribution in [0.1, 0.15) is 5.56 Å². The molecule has 148 valence electrons. The second-order valence-electron chi connectivity index (χ2n) is 6.75. The van der Waals surface area contributed by atoms with Gasteiger partial charge in [-0.25, -0.2) is 4.98 Å². The summed E-state index contributed by atoms with van der Waals surface area (Å²) in [5, 5.41) is 9.66. The van der Waals surface area contributed by atoms with Gasteiger partial charge in [0.2, 0.25) is 5.91 Å². The number of thiophene rings is 1. The van der Waals surface area contributed by atoms with Crippen LogP contribution in [0.15, 0.2) is 71.8 Å². The van der Waals surface area contributed by atoms with Crippen molar-refractivity contribution < 1.29 is 4.79 Å². The van der Waals surface area contributed by atoms with Gasteiger partial charge in [0.05, 0.1) is 17.8 Å². The molecule has 0 saturated heterocycles. The largest absolute Gasteiger partial charge is 0.297 e. The minimum atomic E-state index is -0.345. The number of carbonyl (C=O) groups is 1. The van der Waals surface area contributed by atoms with Gasteiger partial charge in [-0.15, -0.1) is 11.3 Å². The van der Waals surface area contributed by atoms with Gasteiger partial charge in [-0.1, -0.05) is 48.5 Å². The van der Waals surface area contributed by atoms with Crippen molar-refractivity contribution in [3.8, 4) is 16.5 Å². The number of aryl methyl sites for hydroxylation is 1. The van der Waals surface area contributed by atoms with Crippen molar-refractivity contribution in [2.75, 3.05) is 11.4 Å². The summed E-state index contributed by atoms with van der Waals surface area (Å²) in [5.41, 5.74) is 2.25. The van der Waals surface area contributed by atoms with Crippen molar-refractivity contribution in [2.24, 2.45) is 0 Å². The minimum absolute atomic E-state index is 0.0943. The van der Waals surface area contributed by atoms with E-state index in [2.05, 4.69) is 4.98 Å². The highest BCUT2D eigenvalue weighted by molar-refractivity contribution is 7.22. The van der Waals surface area contributed by atoms with Crippen molar-refractivity contribution in [1.82, 2.24) is 9.55 Å². The van der Waals surface area contributed by atoms with Gasteiger partial charge in [-0.3, -0.25) is 19.1 Å². The molecule has 0 saturated carbocycles. The molecule has 0 aliphatic carbocycles. The SMILES string of the molecule is Cc1c(-c2ccccc2)sc2ncn(CC(=O)N(CC#N)c3ccccc3)c(=O)c12. The van der Waals surface area contributed by atoms with Gasteiger partial charge in [0.1, 0.15) is 17.9 Å². The van der Waals surface area contributed by atoms with E-state index in [-0.39, 0.29) is 24.6 Å². The number of nitrogens with zero attached hydrogens (tertiary/aromatic N) is 4. The summed E-state index contributed by atoms with van der Waals surface area (Å²) in [7, 11) is 0. The maximum absolute atomic E-state index is 13.1. The molecule has 0 aliphatic heterocycles. The Morgan fingerprint density at radius 2 is 1.80 bits per heavy atom. The van der Waals surface area contributed by atoms with E-state index in [1.165, 1.54) is 27.1 Å². The van der Waals surface area contributed by atoms with E-state index in [0.29, 0.717) is 15.9 Å². The Morgan fingerprint density at radius 1 is 1.13 bits per heavy atom. The van der Waals surface area contributed by atoms with Gasteiger partial charge in [0, 0.05) is 10.6 Å². The topological polar surface area (TPSA) is 79.0 Å². The van der Waals surface area contributed by atoms with E-state index in [0.717, 1.165) is 16.0 Å². The second-order valence-corrected chi connectivity index (χ2v) is 7.75. The zero-order chi connectivity index (χ0) is 21.1. The molecular formula is C23H18N4O2S. The monoisotopic (exact) mass is 414 g/mol. The molecular weight excluding hydrogens is 396 g/mol. The lowest BCUT2D eigenvalue weighted by atomic mass is 10.1. The third kappa shape index (κ3) is 3.61. The molecule has 1 amide bonds. The van der Waals surface area contributed by atoms with Gasteiger partial charge >= 0.3 is 0 Å². The fourth-order valence-electron chi connectivity index (χ4n) is 3.37. The van der Waals surface area contributed by atoms with Gasteiger partial charge in [0.15, 0.2) is 0 Å². The zero-order valence-electron chi connectivity index (χ0n) is 16.3. The lowest BCUT2D eigenvalue weighted by Gasteiger charge is -2.20. The molecule has 0 N–H and O–H groups in total. The van der Waals surface area contributed by atoms with Crippen LogP contribution in [0.4, 0.5) is 5.69 Å². The molecule has 2 aromatic carbocycles. The van der Waals surface area contributed by atoms with E-state index in [1.807, 2.05) is 49.4 Å². The highest BCUT2D eigenvalue weighted by Crippen LogP contribution is 2.35. The number of anilines is 1. The summed E-state index contributed by atoms with van der Waals surface area (Å²) in [5.74, 6) is -0.345. The minimum Gasteiger partial charge on any atom is -0.297 e. The molecule has 0 atom stereocenters. The molecule has 6 nitrogen and oxygen atoms in total. The van der Waals surface area contributed by atoms with Crippen molar-refractivity contribution in [3.63, 3.8) is 0 Å². The number of para-hydroxylation sites is 1. The first-order chi connectivity index (χ1) is 14.6. The van der Waals surface area contributed by atoms with Crippen LogP contribution in [0.3, 0.4) is 0 Å². The highest BCUT2D eigenvalue weighted by atomic mass is 32.1. The van der Waals surface area contributed by atoms with Crippen molar-refractivity contribution in [2.45, 2.75) is 13.5 Å². The normalized spacial score (nSPS) is 10.7. The van der Waals surface area contributed by atoms with Crippen LogP contribution in [-0.2, 0) is 11.3 Å². The lowest BCUT2D eigenvalue weighted by Crippen LogP contribution is -2.37. The summed E-state index contributed by atoms with van der Waals surface area (Å²) in [6.45, 7) is 1.62. The fraction of sp³-hybridized carbons (Fsp3) is 0.130. The molecule has 0 radical (unpaired) electrons. The first-order valence-corrected chi connectivity index (χ1v) is 10.2. The predicted molar refractivity (Wildman–Crippen MR) is 118 cm³/mol. The van der Waals surface area contributed by atoms with Gasteiger partial charge in [-0.2, -0.15) is 5.26 Å². The molecule has 2 aromatic heterocycles. The maximum Gasteiger partial charge on any atom is 0.262 e. The molecule has 7 heteroatoms. The van der Waals surface area contributed by atoms with Crippen LogP contribution in [0.2, 0.25) is 0 Å². The third-order valence-corrected chi connectivity index (χ3v) is 6.11. The summed E-state index contributed by atoms with van der Waals surface area (Å²) in [6.07, 6.45) is 1.41. The van der Waals surface area contributed by atoms with Gasteiger partial charge < -0.3 is 0 Å². The van der Waals surface area contributed by atoms with Crippen molar-refractivity contribution in [1.29, 1.82) is 5.26 Å². The molecule has 4 aromatic rings. The van der Waals surface area contributed by atoms with E-state index >= 15 is 0 Å². The summed E-state index contributed by atoms with van der Waals surface area (Å²) in [4.78, 5) is 33.5. The van der Waals surface area contributed by atoms with Crippen LogP contribution in [0.25, 0.3) is 20.7 Å². The maximum atomic E-state index is 13.1. The molecule has 4 rings (SSSR count). The van der Waals surface area contributed by atoms with Crippen molar-refractivity contribution in [3.05, 3.63) is 82.9 Å². The summed E-state index contributed by atoms with van der Waals surface area (Å²) in [6, 6.07) is 20.8. The molecule has 0 bridgehead atoms. The highest BCUT2D eigenvalue weighted by Gasteiger charge is 2.19. The average Bonchev–Trinajstić information content (AvgIpc) is 3.12. The lowest BCUT2D eigenvalue weighted by molar-refractivity contribution is -0.119. The smallest absolute Gasteiger partial charge is 0.262 e. The molecule has 0 aliphatic rings. The predicted octanol–water partition coefficient (Wildman–Crippen LogP) is 3.99. The van der Waals surface area contributed by atoms with Crippen LogP contribution in [0.5, 0.6) is 0 Å². The summed E-state index contributed by atoms with van der Waals surface area (Å²) < 4.78 is 1.31. The Bertz CT molecular complexity index is 1300. The molecule has 0 spiro atoms. The molecule has 30 heavy (non-hydrogen) atoms. The van der Waals surface area contributed by atoms with E-state index < -0.39 is 0 Å². The number of nitriles is 1. The van der Waals surface area contributed by atoms with Crippen LogP contribution in [0, 0.1) is 18.3 Å². The van der Waals surface area contributed by atoms with Crippen molar-refractivity contribution >= 4 is 33.1 Å². The van der Waals surface area contributed by atoms with E-state index in [1.54, 1.807) is 24.3 Å². The molecule has 0 unspecified atom stereocenters. The Hall–Kier alpha value is -3.76. The number of carbonyl (C=O) groups excluding carboxylic acids is 1. The number of hydrogen-bond donors (Lipinski definition) is 0. The number of hydrogen-bond acceptors (Lipinski definition) is 5. The quantitative estimate of drug-likeness (QED) is 0.463. The van der Waals surface area contributed by atoms with Crippen LogP contribution in [-0.4, -0.2) is 22.0 Å². The van der Waals surface area contributed by atoms with Crippen LogP contribution >= 0.6 is 11.3 Å². The average molecular weight is 414 g/mol. The second kappa shape index (κ2) is 8.31. The Balaban J connectivity index is 1.71. The number of rotatable bonds is 5. The van der Waals surface area contributed by atoms with Gasteiger partial charge in [-0.05, 0) is 30.2 Å². The molecule has 2 heterocycles. The first kappa shape index (κ1) is 19.6. The number of amides is 1. The Labute approximate surface area is 177 Å². The first-order valence-electron chi connectivity index (χ1n) is 9.36. The van der Waals surface area contributed by atoms with Crippen LogP contribution < -0.4 is 10.5 Å². The number of benzene rings is 2. The Morgan fingerprint density at radius 3 is 2.47 bits per heavy atom. The number of fused-ring (bicyclic) bond motifs is 1. The standard InChI is InChI=1S/C23H18N4O2S/c1-16-20-22(30-21(16)17-8-4-2-5-9-17)25-15-26(23(20)29)14-19(28)27(13-12-24)18-10-6-3-7-11-18/h2-11,15H,13-14H2,1H3. The Kier molecular flexibility index (Phi) is 5.42. The fourth-order valence-corrected chi connectivity index (χ4v) is 4.51.